The van der Waals surface area contributed by atoms with Gasteiger partial charge in [-0.05, 0) is 48.2 Å². The van der Waals surface area contributed by atoms with Crippen molar-refractivity contribution in [1.29, 1.82) is 0 Å². The van der Waals surface area contributed by atoms with E-state index in [2.05, 4.69) is 12.1 Å². The van der Waals surface area contributed by atoms with E-state index in [-0.39, 0.29) is 11.9 Å². The summed E-state index contributed by atoms with van der Waals surface area (Å²) in [5, 5.41) is 0. The van der Waals surface area contributed by atoms with E-state index >= 15 is 0 Å². The van der Waals surface area contributed by atoms with Crippen LogP contribution in [0.1, 0.15) is 35.6 Å². The number of carbonyl (C=O) groups is 1. The van der Waals surface area contributed by atoms with Crippen LogP contribution in [-0.2, 0) is 11.2 Å². The molecule has 1 aliphatic rings. The first-order chi connectivity index (χ1) is 12.7. The molecule has 2 N–H and O–H groups in total. The minimum absolute atomic E-state index is 0.120. The number of nitrogens with two attached hydrogens (primary N) is 1. The predicted molar refractivity (Wildman–Crippen MR) is 102 cm³/mol. The second-order valence-corrected chi connectivity index (χ2v) is 6.45. The Hall–Kier alpha value is -2.53. The van der Waals surface area contributed by atoms with E-state index in [9.17, 15) is 4.79 Å². The molecule has 0 fully saturated rings. The zero-order valence-electron chi connectivity index (χ0n) is 15.4. The van der Waals surface area contributed by atoms with Crippen LogP contribution in [0.5, 0.6) is 11.5 Å². The molecule has 0 spiro atoms. The molecule has 138 valence electrons. The van der Waals surface area contributed by atoms with Crippen molar-refractivity contribution in [2.24, 2.45) is 5.73 Å². The molecule has 0 saturated heterocycles. The van der Waals surface area contributed by atoms with Gasteiger partial charge in [0, 0.05) is 13.0 Å². The fourth-order valence-corrected chi connectivity index (χ4v) is 3.61. The van der Waals surface area contributed by atoms with Crippen LogP contribution in [0.15, 0.2) is 42.5 Å². The first kappa shape index (κ1) is 18.3. The van der Waals surface area contributed by atoms with Crippen molar-refractivity contribution in [2.45, 2.75) is 25.3 Å². The number of carbonyl (C=O) groups excluding carboxylic acids is 1. The molecule has 0 saturated carbocycles. The zero-order valence-corrected chi connectivity index (χ0v) is 15.4. The molecule has 0 aliphatic carbocycles. The molecule has 5 heteroatoms. The van der Waals surface area contributed by atoms with Crippen LogP contribution < -0.4 is 15.2 Å². The highest BCUT2D eigenvalue weighted by molar-refractivity contribution is 5.78. The third kappa shape index (κ3) is 3.53. The molecule has 1 aliphatic heterocycles. The summed E-state index contributed by atoms with van der Waals surface area (Å²) in [6.45, 7) is 1.21. The monoisotopic (exact) mass is 354 g/mol. The summed E-state index contributed by atoms with van der Waals surface area (Å²) in [6.07, 6.45) is 1.98. The van der Waals surface area contributed by atoms with Gasteiger partial charge in [0.2, 0.25) is 5.91 Å². The molecule has 1 atom stereocenters. The van der Waals surface area contributed by atoms with E-state index in [4.69, 9.17) is 15.2 Å². The Morgan fingerprint density at radius 3 is 2.50 bits per heavy atom. The summed E-state index contributed by atoms with van der Waals surface area (Å²) in [5.74, 6) is 1.55. The average molecular weight is 354 g/mol. The van der Waals surface area contributed by atoms with Gasteiger partial charge in [-0.3, -0.25) is 4.79 Å². The lowest BCUT2D eigenvalue weighted by Crippen LogP contribution is -2.40. The SMILES string of the molecule is COc1cc2c(cc1OC)C(c1ccccc1)N(C(=O)CCCN)CC2. The van der Waals surface area contributed by atoms with Crippen molar-refractivity contribution in [3.05, 3.63) is 59.2 Å². The third-order valence-corrected chi connectivity index (χ3v) is 4.90. The van der Waals surface area contributed by atoms with Gasteiger partial charge in [-0.25, -0.2) is 0 Å². The lowest BCUT2D eigenvalue weighted by molar-refractivity contribution is -0.133. The largest absolute Gasteiger partial charge is 0.493 e. The van der Waals surface area contributed by atoms with Crippen molar-refractivity contribution in [3.63, 3.8) is 0 Å². The van der Waals surface area contributed by atoms with Crippen molar-refractivity contribution in [1.82, 2.24) is 4.90 Å². The van der Waals surface area contributed by atoms with E-state index in [1.54, 1.807) is 14.2 Å². The van der Waals surface area contributed by atoms with Gasteiger partial charge in [0.05, 0.1) is 20.3 Å². The van der Waals surface area contributed by atoms with E-state index < -0.39 is 0 Å². The van der Waals surface area contributed by atoms with E-state index in [0.29, 0.717) is 31.7 Å². The van der Waals surface area contributed by atoms with Gasteiger partial charge in [0.1, 0.15) is 0 Å². The second kappa shape index (κ2) is 8.23. The number of fused-ring (bicyclic) bond motifs is 1. The molecule has 5 nitrogen and oxygen atoms in total. The van der Waals surface area contributed by atoms with Crippen LogP contribution in [0.3, 0.4) is 0 Å². The molecule has 26 heavy (non-hydrogen) atoms. The minimum atomic E-state index is -0.120. The standard InChI is InChI=1S/C21H26N2O3/c1-25-18-13-16-10-12-23(20(24)9-6-11-22)21(15-7-4-3-5-8-15)17(16)14-19(18)26-2/h3-5,7-8,13-14,21H,6,9-12,22H2,1-2H3. The third-order valence-electron chi connectivity index (χ3n) is 4.90. The first-order valence-corrected chi connectivity index (χ1v) is 8.98. The van der Waals surface area contributed by atoms with Crippen molar-refractivity contribution >= 4 is 5.91 Å². The van der Waals surface area contributed by atoms with Crippen LogP contribution in [0, 0.1) is 0 Å². The molecule has 2 aromatic carbocycles. The maximum Gasteiger partial charge on any atom is 0.223 e. The summed E-state index contributed by atoms with van der Waals surface area (Å²) in [6, 6.07) is 14.1. The average Bonchev–Trinajstić information content (AvgIpc) is 2.70. The van der Waals surface area contributed by atoms with Gasteiger partial charge in [-0.1, -0.05) is 30.3 Å². The summed E-state index contributed by atoms with van der Waals surface area (Å²) < 4.78 is 11.0. The van der Waals surface area contributed by atoms with Gasteiger partial charge in [0.15, 0.2) is 11.5 Å². The van der Waals surface area contributed by atoms with Gasteiger partial charge < -0.3 is 20.1 Å². The van der Waals surface area contributed by atoms with E-state index in [0.717, 1.165) is 23.3 Å². The zero-order chi connectivity index (χ0) is 18.5. The molecule has 1 heterocycles. The van der Waals surface area contributed by atoms with E-state index in [1.165, 1.54) is 5.56 Å². The van der Waals surface area contributed by atoms with E-state index in [1.807, 2.05) is 35.2 Å². The number of benzene rings is 2. The van der Waals surface area contributed by atoms with Gasteiger partial charge in [-0.15, -0.1) is 0 Å². The second-order valence-electron chi connectivity index (χ2n) is 6.45. The van der Waals surface area contributed by atoms with Gasteiger partial charge in [-0.2, -0.15) is 0 Å². The predicted octanol–water partition coefficient (Wildman–Crippen LogP) is 2.92. The lowest BCUT2D eigenvalue weighted by atomic mass is 9.87. The Labute approximate surface area is 154 Å². The van der Waals surface area contributed by atoms with Crippen LogP contribution >= 0.6 is 0 Å². The Morgan fingerprint density at radius 2 is 1.85 bits per heavy atom. The molecule has 1 unspecified atom stereocenters. The number of hydrogen-bond donors (Lipinski definition) is 1. The molecule has 0 aromatic heterocycles. The van der Waals surface area contributed by atoms with Crippen molar-refractivity contribution < 1.29 is 14.3 Å². The van der Waals surface area contributed by atoms with Gasteiger partial charge in [0.25, 0.3) is 0 Å². The Morgan fingerprint density at radius 1 is 1.15 bits per heavy atom. The number of amides is 1. The fourth-order valence-electron chi connectivity index (χ4n) is 3.61. The summed E-state index contributed by atoms with van der Waals surface area (Å²) in [7, 11) is 3.28. The van der Waals surface area contributed by atoms with Crippen LogP contribution in [0.2, 0.25) is 0 Å². The van der Waals surface area contributed by atoms with Crippen molar-refractivity contribution in [3.8, 4) is 11.5 Å². The molecular weight excluding hydrogens is 328 g/mol. The maximum absolute atomic E-state index is 12.8. The lowest BCUT2D eigenvalue weighted by Gasteiger charge is -2.38. The first-order valence-electron chi connectivity index (χ1n) is 8.98. The fraction of sp³-hybridized carbons (Fsp3) is 0.381. The minimum Gasteiger partial charge on any atom is -0.493 e. The molecular formula is C21H26N2O3. The van der Waals surface area contributed by atoms with Crippen LogP contribution in [0.25, 0.3) is 0 Å². The Bertz CT molecular complexity index is 761. The van der Waals surface area contributed by atoms with Gasteiger partial charge >= 0.3 is 0 Å². The van der Waals surface area contributed by atoms with Crippen LogP contribution in [-0.4, -0.2) is 38.1 Å². The molecule has 3 rings (SSSR count). The molecule has 2 aromatic rings. The Balaban J connectivity index is 2.07. The summed E-state index contributed by atoms with van der Waals surface area (Å²) in [4.78, 5) is 14.8. The summed E-state index contributed by atoms with van der Waals surface area (Å²) >= 11 is 0. The number of rotatable bonds is 6. The number of hydrogen-bond acceptors (Lipinski definition) is 4. The molecule has 0 radical (unpaired) electrons. The highest BCUT2D eigenvalue weighted by Gasteiger charge is 2.32. The molecule has 0 bridgehead atoms. The molecule has 1 amide bonds. The highest BCUT2D eigenvalue weighted by Crippen LogP contribution is 2.41. The highest BCUT2D eigenvalue weighted by atomic mass is 16.5. The quantitative estimate of drug-likeness (QED) is 0.866. The number of ether oxygens (including phenoxy) is 2. The Kier molecular flexibility index (Phi) is 5.78. The summed E-state index contributed by atoms with van der Waals surface area (Å²) in [5.41, 5.74) is 8.99. The smallest absolute Gasteiger partial charge is 0.223 e. The van der Waals surface area contributed by atoms with Crippen molar-refractivity contribution in [2.75, 3.05) is 27.3 Å². The maximum atomic E-state index is 12.8. The number of nitrogens with zero attached hydrogens (tertiary/aromatic N) is 1. The number of methoxy groups -OCH3 is 2. The topological polar surface area (TPSA) is 64.8 Å². The van der Waals surface area contributed by atoms with Crippen LogP contribution in [0.4, 0.5) is 0 Å². The normalized spacial score (nSPS) is 16.1.